The Labute approximate surface area is 171 Å². The van der Waals surface area contributed by atoms with Crippen molar-refractivity contribution < 1.29 is 19.1 Å². The molecule has 2 aromatic heterocycles. The highest BCUT2D eigenvalue weighted by Crippen LogP contribution is 2.39. The number of primary amides is 1. The highest BCUT2D eigenvalue weighted by Gasteiger charge is 2.27. The summed E-state index contributed by atoms with van der Waals surface area (Å²) in [5.74, 6) is -1.12. The number of rotatable bonds is 5. The Bertz CT molecular complexity index is 1110. The van der Waals surface area contributed by atoms with Crippen LogP contribution in [-0.4, -0.2) is 29.4 Å². The number of hydrogen-bond acceptors (Lipinski definition) is 5. The van der Waals surface area contributed by atoms with Gasteiger partial charge in [-0.05, 0) is 36.8 Å². The predicted molar refractivity (Wildman–Crippen MR) is 111 cm³/mol. The lowest BCUT2D eigenvalue weighted by Crippen LogP contribution is -2.23. The number of carbonyl (C=O) groups is 3. The van der Waals surface area contributed by atoms with E-state index >= 15 is 0 Å². The van der Waals surface area contributed by atoms with Crippen LogP contribution in [0.5, 0.6) is 0 Å². The zero-order chi connectivity index (χ0) is 20.5. The van der Waals surface area contributed by atoms with Gasteiger partial charge in [0.1, 0.15) is 5.00 Å². The molecule has 0 aliphatic heterocycles. The van der Waals surface area contributed by atoms with E-state index < -0.39 is 24.4 Å². The zero-order valence-corrected chi connectivity index (χ0v) is 16.7. The number of aromatic nitrogens is 1. The van der Waals surface area contributed by atoms with Crippen molar-refractivity contribution >= 4 is 45.0 Å². The highest BCUT2D eigenvalue weighted by molar-refractivity contribution is 7.17. The Morgan fingerprint density at radius 1 is 1.31 bits per heavy atom. The minimum Gasteiger partial charge on any atom is -0.452 e. The van der Waals surface area contributed by atoms with Gasteiger partial charge in [0.25, 0.3) is 11.8 Å². The second-order valence-corrected chi connectivity index (χ2v) is 8.40. The van der Waals surface area contributed by atoms with Crippen molar-refractivity contribution in [1.29, 1.82) is 0 Å². The van der Waals surface area contributed by atoms with E-state index in [1.807, 2.05) is 18.2 Å². The van der Waals surface area contributed by atoms with E-state index in [1.54, 1.807) is 12.3 Å². The SMILES string of the molecule is C[C@@H]1CCc2c(sc(NC(=O)COC(=O)c3c[nH]c4ccccc34)c2C(N)=O)C1. The van der Waals surface area contributed by atoms with E-state index in [0.717, 1.165) is 40.6 Å². The number of thiophene rings is 1. The van der Waals surface area contributed by atoms with Crippen LogP contribution in [-0.2, 0) is 22.4 Å². The maximum atomic E-state index is 12.4. The molecule has 8 heteroatoms. The normalized spacial score (nSPS) is 15.7. The van der Waals surface area contributed by atoms with Gasteiger partial charge >= 0.3 is 5.97 Å². The molecular formula is C21H21N3O4S. The van der Waals surface area contributed by atoms with Crippen LogP contribution in [0.25, 0.3) is 10.9 Å². The fraction of sp³-hybridized carbons (Fsp3) is 0.286. The molecular weight excluding hydrogens is 390 g/mol. The molecule has 0 radical (unpaired) electrons. The molecule has 0 fully saturated rings. The van der Waals surface area contributed by atoms with Gasteiger partial charge in [0.05, 0.1) is 11.1 Å². The number of anilines is 1. The molecule has 2 amide bonds. The fourth-order valence-electron chi connectivity index (χ4n) is 3.71. The molecule has 0 spiro atoms. The summed E-state index contributed by atoms with van der Waals surface area (Å²) in [4.78, 5) is 40.7. The van der Waals surface area contributed by atoms with Crippen molar-refractivity contribution in [3.05, 3.63) is 52.0 Å². The number of amides is 2. The molecule has 1 atom stereocenters. The van der Waals surface area contributed by atoms with Gasteiger partial charge in [-0.1, -0.05) is 25.1 Å². The maximum absolute atomic E-state index is 12.4. The second kappa shape index (κ2) is 7.71. The molecule has 1 aliphatic rings. The predicted octanol–water partition coefficient (Wildman–Crippen LogP) is 3.25. The Kier molecular flexibility index (Phi) is 5.10. The van der Waals surface area contributed by atoms with Crippen LogP contribution in [0.2, 0.25) is 0 Å². The first-order valence-electron chi connectivity index (χ1n) is 9.41. The van der Waals surface area contributed by atoms with E-state index in [1.165, 1.54) is 11.3 Å². The Balaban J connectivity index is 1.45. The summed E-state index contributed by atoms with van der Waals surface area (Å²) in [7, 11) is 0. The number of aromatic amines is 1. The first-order chi connectivity index (χ1) is 13.9. The number of carbonyl (C=O) groups excluding carboxylic acids is 3. The molecule has 4 rings (SSSR count). The summed E-state index contributed by atoms with van der Waals surface area (Å²) in [6, 6.07) is 7.34. The Morgan fingerprint density at radius 3 is 2.90 bits per heavy atom. The highest BCUT2D eigenvalue weighted by atomic mass is 32.1. The minimum absolute atomic E-state index is 0.367. The van der Waals surface area contributed by atoms with Gasteiger partial charge in [0.2, 0.25) is 0 Å². The number of fused-ring (bicyclic) bond motifs is 2. The molecule has 29 heavy (non-hydrogen) atoms. The molecule has 2 heterocycles. The number of hydrogen-bond donors (Lipinski definition) is 3. The van der Waals surface area contributed by atoms with Gasteiger partial charge in [-0.15, -0.1) is 11.3 Å². The Hall–Kier alpha value is -3.13. The third kappa shape index (κ3) is 3.75. The van der Waals surface area contributed by atoms with Crippen LogP contribution in [0, 0.1) is 5.92 Å². The lowest BCUT2D eigenvalue weighted by Gasteiger charge is -2.18. The van der Waals surface area contributed by atoms with Gasteiger partial charge in [0.15, 0.2) is 6.61 Å². The first-order valence-corrected chi connectivity index (χ1v) is 10.2. The standard InChI is InChI=1S/C21H21N3O4S/c1-11-6-7-13-16(8-11)29-20(18(13)19(22)26)24-17(25)10-28-21(27)14-9-23-15-5-3-2-4-12(14)15/h2-5,9,11,23H,6-8,10H2,1H3,(H2,22,26)(H,24,25)/t11-/m1/s1. The second-order valence-electron chi connectivity index (χ2n) is 7.29. The van der Waals surface area contributed by atoms with Gasteiger partial charge < -0.3 is 20.8 Å². The van der Waals surface area contributed by atoms with Crippen molar-refractivity contribution in [3.8, 4) is 0 Å². The van der Waals surface area contributed by atoms with E-state index in [-0.39, 0.29) is 0 Å². The van der Waals surface area contributed by atoms with E-state index in [4.69, 9.17) is 10.5 Å². The third-order valence-corrected chi connectivity index (χ3v) is 6.32. The molecule has 7 nitrogen and oxygen atoms in total. The smallest absolute Gasteiger partial charge is 0.340 e. The third-order valence-electron chi connectivity index (χ3n) is 5.15. The number of benzene rings is 1. The average molecular weight is 411 g/mol. The number of para-hydroxylation sites is 1. The van der Waals surface area contributed by atoms with Crippen LogP contribution in [0.1, 0.15) is 44.5 Å². The van der Waals surface area contributed by atoms with E-state index in [2.05, 4.69) is 17.2 Å². The summed E-state index contributed by atoms with van der Waals surface area (Å²) in [6.07, 6.45) is 4.19. The average Bonchev–Trinajstić information content (AvgIpc) is 3.26. The molecule has 0 saturated heterocycles. The quantitative estimate of drug-likeness (QED) is 0.559. The summed E-state index contributed by atoms with van der Waals surface area (Å²) >= 11 is 1.38. The van der Waals surface area contributed by atoms with Gasteiger partial charge in [-0.25, -0.2) is 4.79 Å². The summed E-state index contributed by atoms with van der Waals surface area (Å²) < 4.78 is 5.17. The molecule has 0 saturated carbocycles. The van der Waals surface area contributed by atoms with Crippen molar-refractivity contribution in [3.63, 3.8) is 0 Å². The minimum atomic E-state index is -0.591. The topological polar surface area (TPSA) is 114 Å². The molecule has 150 valence electrons. The van der Waals surface area contributed by atoms with Crippen LogP contribution >= 0.6 is 11.3 Å². The van der Waals surface area contributed by atoms with Crippen LogP contribution in [0.4, 0.5) is 5.00 Å². The maximum Gasteiger partial charge on any atom is 0.340 e. The number of nitrogens with two attached hydrogens (primary N) is 1. The summed E-state index contributed by atoms with van der Waals surface area (Å²) in [5.41, 5.74) is 8.06. The molecule has 1 aliphatic carbocycles. The Morgan fingerprint density at radius 2 is 2.10 bits per heavy atom. The van der Waals surface area contributed by atoms with Crippen LogP contribution < -0.4 is 11.1 Å². The van der Waals surface area contributed by atoms with Gasteiger partial charge in [-0.2, -0.15) is 0 Å². The molecule has 3 aromatic rings. The number of nitrogens with one attached hydrogen (secondary N) is 2. The summed E-state index contributed by atoms with van der Waals surface area (Å²) in [6.45, 7) is 1.71. The van der Waals surface area contributed by atoms with E-state index in [9.17, 15) is 14.4 Å². The van der Waals surface area contributed by atoms with Crippen LogP contribution in [0.3, 0.4) is 0 Å². The summed E-state index contributed by atoms with van der Waals surface area (Å²) in [5, 5.41) is 3.86. The first kappa shape index (κ1) is 19.2. The fourth-order valence-corrected chi connectivity index (χ4v) is 5.14. The van der Waals surface area contributed by atoms with Crippen LogP contribution in [0.15, 0.2) is 30.5 Å². The van der Waals surface area contributed by atoms with E-state index in [0.29, 0.717) is 22.0 Å². The lowest BCUT2D eigenvalue weighted by atomic mass is 9.88. The van der Waals surface area contributed by atoms with Crippen molar-refractivity contribution in [2.24, 2.45) is 11.7 Å². The number of H-pyrrole nitrogens is 1. The van der Waals surface area contributed by atoms with Crippen molar-refractivity contribution in [2.45, 2.75) is 26.2 Å². The molecule has 0 bridgehead atoms. The van der Waals surface area contributed by atoms with Gasteiger partial charge in [0, 0.05) is 22.0 Å². The molecule has 0 unspecified atom stereocenters. The number of esters is 1. The lowest BCUT2D eigenvalue weighted by molar-refractivity contribution is -0.119. The van der Waals surface area contributed by atoms with Crippen molar-refractivity contribution in [2.75, 3.05) is 11.9 Å². The zero-order valence-electron chi connectivity index (χ0n) is 15.9. The largest absolute Gasteiger partial charge is 0.452 e. The number of ether oxygens (including phenoxy) is 1. The molecule has 1 aromatic carbocycles. The van der Waals surface area contributed by atoms with Gasteiger partial charge in [-0.3, -0.25) is 9.59 Å². The van der Waals surface area contributed by atoms with Crippen molar-refractivity contribution in [1.82, 2.24) is 4.98 Å². The molecule has 4 N–H and O–H groups in total. The monoisotopic (exact) mass is 411 g/mol.